The summed E-state index contributed by atoms with van der Waals surface area (Å²) in [5.41, 5.74) is 8.43. The minimum atomic E-state index is -1.48. The van der Waals surface area contributed by atoms with E-state index < -0.39 is 21.5 Å². The van der Waals surface area contributed by atoms with E-state index in [1.165, 1.54) is 24.1 Å². The zero-order valence-electron chi connectivity index (χ0n) is 21.0. The summed E-state index contributed by atoms with van der Waals surface area (Å²) in [7, 11) is -1.48. The summed E-state index contributed by atoms with van der Waals surface area (Å²) in [5, 5.41) is 3.40. The first-order valence-corrected chi connectivity index (χ1v) is 14.4. The quantitative estimate of drug-likeness (QED) is 0.478. The van der Waals surface area contributed by atoms with E-state index in [-0.39, 0.29) is 0 Å². The molecule has 3 fully saturated rings. The molecule has 2 aromatic rings. The summed E-state index contributed by atoms with van der Waals surface area (Å²) >= 11 is 0. The number of nitrogens with two attached hydrogens (primary N) is 1. The highest BCUT2D eigenvalue weighted by Gasteiger charge is 2.47. The molecule has 2 aromatic carbocycles. The molecule has 3 N–H and O–H groups in total. The van der Waals surface area contributed by atoms with Crippen molar-refractivity contribution in [2.24, 2.45) is 5.73 Å². The molecule has 194 valence electrons. The van der Waals surface area contributed by atoms with Gasteiger partial charge in [0.2, 0.25) is 5.91 Å². The Bertz CT molecular complexity index is 1060. The van der Waals surface area contributed by atoms with Crippen molar-refractivity contribution in [2.75, 3.05) is 50.8 Å². The van der Waals surface area contributed by atoms with E-state index in [1.54, 1.807) is 0 Å². The molecule has 8 heteroatoms. The lowest BCUT2D eigenvalue weighted by Gasteiger charge is -2.39. The number of carbonyl (C=O) groups is 1. The first-order chi connectivity index (χ1) is 17.5. The maximum absolute atomic E-state index is 13.5. The number of benzene rings is 2. The van der Waals surface area contributed by atoms with Crippen LogP contribution in [0.3, 0.4) is 0 Å². The SMILES string of the molecule is NC(=O)C1(S(=O)c2ccc(OCCCc3cccc(N4CCNCC4)c3)cc2)CCN(C2CC2)CC1. The summed E-state index contributed by atoms with van der Waals surface area (Å²) in [6, 6.07) is 16.8. The van der Waals surface area contributed by atoms with Crippen LogP contribution in [0.1, 0.15) is 37.7 Å². The second-order valence-corrected chi connectivity index (χ2v) is 12.0. The summed E-state index contributed by atoms with van der Waals surface area (Å²) in [4.78, 5) is 17.9. The second-order valence-electron chi connectivity index (χ2n) is 10.2. The molecule has 3 aliphatic rings. The molecule has 1 amide bonds. The van der Waals surface area contributed by atoms with E-state index in [4.69, 9.17) is 10.5 Å². The first-order valence-electron chi connectivity index (χ1n) is 13.3. The van der Waals surface area contributed by atoms with Crippen LogP contribution in [0.4, 0.5) is 5.69 Å². The number of piperazine rings is 1. The number of hydrogen-bond donors (Lipinski definition) is 2. The largest absolute Gasteiger partial charge is 0.494 e. The second kappa shape index (κ2) is 11.3. The zero-order valence-corrected chi connectivity index (χ0v) is 21.8. The molecular formula is C28H38N4O3S. The number of rotatable bonds is 10. The van der Waals surface area contributed by atoms with Gasteiger partial charge in [-0.25, -0.2) is 0 Å². The van der Waals surface area contributed by atoms with Gasteiger partial charge in [0.25, 0.3) is 0 Å². The predicted octanol–water partition coefficient (Wildman–Crippen LogP) is 2.70. The van der Waals surface area contributed by atoms with Crippen LogP contribution < -0.4 is 20.7 Å². The number of amides is 1. The van der Waals surface area contributed by atoms with Gasteiger partial charge in [-0.15, -0.1) is 0 Å². The molecule has 36 heavy (non-hydrogen) atoms. The highest BCUT2D eigenvalue weighted by Crippen LogP contribution is 2.37. The topological polar surface area (TPSA) is 87.9 Å². The van der Waals surface area contributed by atoms with E-state index in [0.717, 1.165) is 57.9 Å². The van der Waals surface area contributed by atoms with Crippen molar-refractivity contribution in [1.29, 1.82) is 0 Å². The van der Waals surface area contributed by atoms with Crippen LogP contribution >= 0.6 is 0 Å². The normalized spacial score (nSPS) is 21.2. The van der Waals surface area contributed by atoms with E-state index in [1.807, 2.05) is 24.3 Å². The van der Waals surface area contributed by atoms with E-state index in [0.29, 0.717) is 30.4 Å². The molecular weight excluding hydrogens is 472 g/mol. The average molecular weight is 511 g/mol. The molecule has 2 heterocycles. The lowest BCUT2D eigenvalue weighted by molar-refractivity contribution is -0.121. The van der Waals surface area contributed by atoms with E-state index in [9.17, 15) is 9.00 Å². The number of hydrogen-bond acceptors (Lipinski definition) is 6. The minimum Gasteiger partial charge on any atom is -0.494 e. The summed E-state index contributed by atoms with van der Waals surface area (Å²) in [6.07, 6.45) is 5.45. The third-order valence-corrected chi connectivity index (χ3v) is 9.80. The van der Waals surface area contributed by atoms with Crippen LogP contribution in [0, 0.1) is 0 Å². The maximum Gasteiger partial charge on any atom is 0.236 e. The smallest absolute Gasteiger partial charge is 0.236 e. The van der Waals surface area contributed by atoms with Crippen LogP contribution in [-0.4, -0.2) is 71.7 Å². The standard InChI is InChI=1S/C28H38N4O3S/c29-27(33)28(12-16-31(17-13-28)23-6-7-23)36(34)26-10-8-25(9-11-26)35-20-2-4-22-3-1-5-24(21-22)32-18-14-30-15-19-32/h1,3,5,8-11,21,23,30H,2,4,6-7,12-20H2,(H2,29,33). The van der Waals surface area contributed by atoms with Gasteiger partial charge in [-0.1, -0.05) is 12.1 Å². The Kier molecular flexibility index (Phi) is 7.93. The Hall–Kier alpha value is -2.42. The fourth-order valence-electron chi connectivity index (χ4n) is 5.40. The van der Waals surface area contributed by atoms with Crippen molar-refractivity contribution >= 4 is 22.4 Å². The average Bonchev–Trinajstić information content (AvgIpc) is 3.77. The van der Waals surface area contributed by atoms with Gasteiger partial charge < -0.3 is 25.6 Å². The lowest BCUT2D eigenvalue weighted by atomic mass is 9.95. The van der Waals surface area contributed by atoms with Crippen molar-refractivity contribution in [3.63, 3.8) is 0 Å². The van der Waals surface area contributed by atoms with Gasteiger partial charge in [0.05, 0.1) is 17.4 Å². The number of nitrogens with zero attached hydrogens (tertiary/aromatic N) is 2. The van der Waals surface area contributed by atoms with Gasteiger partial charge >= 0.3 is 0 Å². The molecule has 0 aromatic heterocycles. The highest BCUT2D eigenvalue weighted by molar-refractivity contribution is 7.87. The molecule has 1 saturated carbocycles. The summed E-state index contributed by atoms with van der Waals surface area (Å²) < 4.78 is 18.4. The van der Waals surface area contributed by atoms with Crippen LogP contribution in [0.2, 0.25) is 0 Å². The van der Waals surface area contributed by atoms with Crippen LogP contribution in [0.5, 0.6) is 5.75 Å². The molecule has 0 radical (unpaired) electrons. The van der Waals surface area contributed by atoms with Crippen LogP contribution in [0.25, 0.3) is 0 Å². The molecule has 7 nitrogen and oxygen atoms in total. The number of piperidine rings is 1. The molecule has 5 rings (SSSR count). The molecule has 0 spiro atoms. The lowest BCUT2D eigenvalue weighted by Crippen LogP contribution is -2.55. The predicted molar refractivity (Wildman–Crippen MR) is 144 cm³/mol. The van der Waals surface area contributed by atoms with Gasteiger partial charge in [0.15, 0.2) is 0 Å². The minimum absolute atomic E-state index is 0.447. The third kappa shape index (κ3) is 5.76. The van der Waals surface area contributed by atoms with Crippen molar-refractivity contribution in [3.05, 3.63) is 54.1 Å². The Labute approximate surface area is 216 Å². The molecule has 1 aliphatic carbocycles. The zero-order chi connectivity index (χ0) is 25.0. The third-order valence-electron chi connectivity index (χ3n) is 7.78. The van der Waals surface area contributed by atoms with Crippen molar-refractivity contribution in [2.45, 2.75) is 54.2 Å². The Morgan fingerprint density at radius 2 is 1.78 bits per heavy atom. The van der Waals surface area contributed by atoms with Crippen molar-refractivity contribution in [1.82, 2.24) is 10.2 Å². The number of likely N-dealkylation sites (tertiary alicyclic amines) is 1. The van der Waals surface area contributed by atoms with Gasteiger partial charge in [-0.05, 0) is 80.5 Å². The van der Waals surface area contributed by atoms with Gasteiger partial charge in [0, 0.05) is 55.9 Å². The number of primary amides is 1. The first kappa shape index (κ1) is 25.2. The molecule has 2 saturated heterocycles. The number of anilines is 1. The van der Waals surface area contributed by atoms with E-state index >= 15 is 0 Å². The van der Waals surface area contributed by atoms with Crippen molar-refractivity contribution in [3.8, 4) is 5.75 Å². The van der Waals surface area contributed by atoms with Gasteiger partial charge in [-0.2, -0.15) is 0 Å². The number of carbonyl (C=O) groups excluding carboxylic acids is 1. The number of aryl methyl sites for hydroxylation is 1. The summed E-state index contributed by atoms with van der Waals surface area (Å²) in [5.74, 6) is 0.305. The van der Waals surface area contributed by atoms with Crippen LogP contribution in [0.15, 0.2) is 53.4 Å². The number of ether oxygens (including phenoxy) is 1. The molecule has 1 unspecified atom stereocenters. The van der Waals surface area contributed by atoms with Crippen molar-refractivity contribution < 1.29 is 13.7 Å². The van der Waals surface area contributed by atoms with Crippen LogP contribution in [-0.2, 0) is 22.0 Å². The fraction of sp³-hybridized carbons (Fsp3) is 0.536. The maximum atomic E-state index is 13.5. The van der Waals surface area contributed by atoms with Gasteiger partial charge in [0.1, 0.15) is 10.5 Å². The Morgan fingerprint density at radius 3 is 2.44 bits per heavy atom. The Balaban J connectivity index is 1.12. The highest BCUT2D eigenvalue weighted by atomic mass is 32.2. The fourth-order valence-corrected chi connectivity index (χ4v) is 6.97. The monoisotopic (exact) mass is 510 g/mol. The summed E-state index contributed by atoms with van der Waals surface area (Å²) in [6.45, 7) is 6.36. The molecule has 0 bridgehead atoms. The van der Waals surface area contributed by atoms with Gasteiger partial charge in [-0.3, -0.25) is 9.00 Å². The number of nitrogens with one attached hydrogen (secondary N) is 1. The van der Waals surface area contributed by atoms with E-state index in [2.05, 4.69) is 39.4 Å². The Morgan fingerprint density at radius 1 is 1.06 bits per heavy atom. The molecule has 2 aliphatic heterocycles. The molecule has 1 atom stereocenters.